The van der Waals surface area contributed by atoms with Gasteiger partial charge in [-0.05, 0) is 44.1 Å². The molecule has 1 aliphatic rings. The predicted molar refractivity (Wildman–Crippen MR) is 76.3 cm³/mol. The second-order valence-electron chi connectivity index (χ2n) is 5.44. The largest absolute Gasteiger partial charge is 0.387 e. The lowest BCUT2D eigenvalue weighted by atomic mass is 9.97. The van der Waals surface area contributed by atoms with E-state index in [1.807, 2.05) is 42.1 Å². The van der Waals surface area contributed by atoms with E-state index >= 15 is 0 Å². The third-order valence-electron chi connectivity index (χ3n) is 3.53. The topological polar surface area (TPSA) is 43.8 Å². The molecule has 104 valence electrons. The van der Waals surface area contributed by atoms with E-state index in [1.165, 1.54) is 0 Å². The van der Waals surface area contributed by atoms with Crippen molar-refractivity contribution in [1.29, 1.82) is 0 Å². The Kier molecular flexibility index (Phi) is 4.22. The first-order valence-corrected chi connectivity index (χ1v) is 6.72. The molecule has 1 amide bonds. The maximum absolute atomic E-state index is 11.6. The number of carbonyl (C=O) groups is 1. The Morgan fingerprint density at radius 2 is 2.21 bits per heavy atom. The van der Waals surface area contributed by atoms with Crippen LogP contribution in [0.4, 0.5) is 5.69 Å². The quantitative estimate of drug-likeness (QED) is 0.899. The van der Waals surface area contributed by atoms with Gasteiger partial charge in [0, 0.05) is 25.7 Å². The molecule has 0 fully saturated rings. The van der Waals surface area contributed by atoms with Gasteiger partial charge >= 0.3 is 0 Å². The summed E-state index contributed by atoms with van der Waals surface area (Å²) in [6.45, 7) is 3.00. The van der Waals surface area contributed by atoms with Gasteiger partial charge in [0.2, 0.25) is 5.91 Å². The second-order valence-corrected chi connectivity index (χ2v) is 5.44. The van der Waals surface area contributed by atoms with Gasteiger partial charge in [0.1, 0.15) is 0 Å². The molecule has 1 N–H and O–H groups in total. The van der Waals surface area contributed by atoms with Crippen molar-refractivity contribution in [3.8, 4) is 0 Å². The van der Waals surface area contributed by atoms with E-state index < -0.39 is 6.10 Å². The molecule has 19 heavy (non-hydrogen) atoms. The van der Waals surface area contributed by atoms with Gasteiger partial charge in [-0.1, -0.05) is 12.1 Å². The highest BCUT2D eigenvalue weighted by molar-refractivity contribution is 5.92. The smallest absolute Gasteiger partial charge is 0.223 e. The monoisotopic (exact) mass is 262 g/mol. The van der Waals surface area contributed by atoms with Gasteiger partial charge in [-0.25, -0.2) is 0 Å². The molecule has 2 rings (SSSR count). The number of nitrogens with zero attached hydrogens (tertiary/aromatic N) is 2. The summed E-state index contributed by atoms with van der Waals surface area (Å²) >= 11 is 0. The number of aryl methyl sites for hydroxylation is 1. The number of benzene rings is 1. The van der Waals surface area contributed by atoms with Crippen molar-refractivity contribution in [3.05, 3.63) is 29.3 Å². The Balaban J connectivity index is 2.26. The molecule has 4 nitrogen and oxygen atoms in total. The zero-order chi connectivity index (χ0) is 14.0. The molecule has 0 aliphatic carbocycles. The van der Waals surface area contributed by atoms with Gasteiger partial charge in [0.05, 0.1) is 6.10 Å². The van der Waals surface area contributed by atoms with Crippen molar-refractivity contribution in [3.63, 3.8) is 0 Å². The molecule has 0 aromatic heterocycles. The SMILES string of the molecule is CC(=O)N1CCCc2cc(C(O)CN(C)C)ccc21. The Hall–Kier alpha value is -1.39. The summed E-state index contributed by atoms with van der Waals surface area (Å²) in [4.78, 5) is 15.4. The van der Waals surface area contributed by atoms with Crippen LogP contribution in [0.1, 0.15) is 30.6 Å². The predicted octanol–water partition coefficient (Wildman–Crippen LogP) is 1.58. The standard InChI is InChI=1S/C15H22N2O2/c1-11(18)17-8-4-5-12-9-13(6-7-14(12)17)15(19)10-16(2)3/h6-7,9,15,19H,4-5,8,10H2,1-3H3. The molecule has 1 aromatic rings. The minimum atomic E-state index is -0.479. The van der Waals surface area contributed by atoms with Crippen LogP contribution in [0.5, 0.6) is 0 Å². The average Bonchev–Trinajstić information content (AvgIpc) is 2.36. The number of rotatable bonds is 3. The molecule has 1 atom stereocenters. The van der Waals surface area contributed by atoms with Crippen LogP contribution in [0.15, 0.2) is 18.2 Å². The van der Waals surface area contributed by atoms with E-state index in [4.69, 9.17) is 0 Å². The van der Waals surface area contributed by atoms with Crippen molar-refractivity contribution >= 4 is 11.6 Å². The summed E-state index contributed by atoms with van der Waals surface area (Å²) in [5.41, 5.74) is 3.09. The maximum Gasteiger partial charge on any atom is 0.223 e. The summed E-state index contributed by atoms with van der Waals surface area (Å²) in [6, 6.07) is 5.93. The minimum Gasteiger partial charge on any atom is -0.387 e. The Morgan fingerprint density at radius 3 is 2.84 bits per heavy atom. The maximum atomic E-state index is 11.6. The van der Waals surface area contributed by atoms with Crippen LogP contribution in [0.2, 0.25) is 0 Å². The lowest BCUT2D eigenvalue weighted by Gasteiger charge is -2.29. The van der Waals surface area contributed by atoms with E-state index in [2.05, 4.69) is 0 Å². The molecule has 0 radical (unpaired) electrons. The summed E-state index contributed by atoms with van der Waals surface area (Å²) in [7, 11) is 3.89. The first-order valence-electron chi connectivity index (χ1n) is 6.72. The molecular weight excluding hydrogens is 240 g/mol. The van der Waals surface area contributed by atoms with Crippen LogP contribution in [0, 0.1) is 0 Å². The number of likely N-dealkylation sites (N-methyl/N-ethyl adjacent to an activating group) is 1. The summed E-state index contributed by atoms with van der Waals surface area (Å²) < 4.78 is 0. The number of fused-ring (bicyclic) bond motifs is 1. The lowest BCUT2D eigenvalue weighted by Crippen LogP contribution is -2.33. The van der Waals surface area contributed by atoms with Crippen molar-refractivity contribution in [1.82, 2.24) is 4.90 Å². The lowest BCUT2D eigenvalue weighted by molar-refractivity contribution is -0.116. The van der Waals surface area contributed by atoms with Gasteiger partial charge in [-0.2, -0.15) is 0 Å². The first-order chi connectivity index (χ1) is 8.99. The van der Waals surface area contributed by atoms with Crippen LogP contribution < -0.4 is 4.90 Å². The van der Waals surface area contributed by atoms with Gasteiger partial charge in [0.15, 0.2) is 0 Å². The van der Waals surface area contributed by atoms with E-state index in [9.17, 15) is 9.90 Å². The fourth-order valence-electron chi connectivity index (χ4n) is 2.60. The third kappa shape index (κ3) is 3.14. The van der Waals surface area contributed by atoms with Crippen LogP contribution in [0.3, 0.4) is 0 Å². The van der Waals surface area contributed by atoms with E-state index in [-0.39, 0.29) is 5.91 Å². The zero-order valence-electron chi connectivity index (χ0n) is 11.9. The minimum absolute atomic E-state index is 0.0857. The molecule has 0 saturated carbocycles. The number of aliphatic hydroxyl groups is 1. The number of carbonyl (C=O) groups excluding carboxylic acids is 1. The summed E-state index contributed by atoms with van der Waals surface area (Å²) in [6.07, 6.45) is 1.48. The number of hydrogen-bond donors (Lipinski definition) is 1. The number of aliphatic hydroxyl groups excluding tert-OH is 1. The van der Waals surface area contributed by atoms with E-state index in [0.717, 1.165) is 36.2 Å². The van der Waals surface area contributed by atoms with Crippen LogP contribution in [-0.4, -0.2) is 43.1 Å². The fraction of sp³-hybridized carbons (Fsp3) is 0.533. The van der Waals surface area contributed by atoms with Crippen molar-refractivity contribution in [2.75, 3.05) is 32.1 Å². The Morgan fingerprint density at radius 1 is 1.47 bits per heavy atom. The Labute approximate surface area is 114 Å². The Bertz CT molecular complexity index is 471. The molecule has 1 aromatic carbocycles. The van der Waals surface area contributed by atoms with Crippen LogP contribution in [-0.2, 0) is 11.2 Å². The van der Waals surface area contributed by atoms with Gasteiger partial charge in [0.25, 0.3) is 0 Å². The molecule has 4 heteroatoms. The van der Waals surface area contributed by atoms with Gasteiger partial charge in [-0.3, -0.25) is 4.79 Å². The highest BCUT2D eigenvalue weighted by Gasteiger charge is 2.21. The molecule has 0 saturated heterocycles. The van der Waals surface area contributed by atoms with Crippen molar-refractivity contribution in [2.45, 2.75) is 25.9 Å². The first kappa shape index (κ1) is 14.0. The van der Waals surface area contributed by atoms with Crippen molar-refractivity contribution < 1.29 is 9.90 Å². The normalized spacial score (nSPS) is 16.4. The third-order valence-corrected chi connectivity index (χ3v) is 3.53. The summed E-state index contributed by atoms with van der Waals surface area (Å²) in [5, 5.41) is 10.1. The fourth-order valence-corrected chi connectivity index (χ4v) is 2.60. The van der Waals surface area contributed by atoms with Gasteiger partial charge < -0.3 is 14.9 Å². The molecule has 1 heterocycles. The number of hydrogen-bond acceptors (Lipinski definition) is 3. The number of amides is 1. The van der Waals surface area contributed by atoms with Crippen LogP contribution >= 0.6 is 0 Å². The van der Waals surface area contributed by atoms with E-state index in [0.29, 0.717) is 6.54 Å². The highest BCUT2D eigenvalue weighted by atomic mass is 16.3. The number of anilines is 1. The average molecular weight is 262 g/mol. The molecule has 1 aliphatic heterocycles. The second kappa shape index (κ2) is 5.72. The molecule has 1 unspecified atom stereocenters. The van der Waals surface area contributed by atoms with Crippen LogP contribution in [0.25, 0.3) is 0 Å². The zero-order valence-corrected chi connectivity index (χ0v) is 11.9. The summed E-state index contributed by atoms with van der Waals surface area (Å²) in [5.74, 6) is 0.0857. The van der Waals surface area contributed by atoms with Gasteiger partial charge in [-0.15, -0.1) is 0 Å². The molecular formula is C15H22N2O2. The molecule has 0 spiro atoms. The van der Waals surface area contributed by atoms with E-state index in [1.54, 1.807) is 6.92 Å². The van der Waals surface area contributed by atoms with Crippen molar-refractivity contribution in [2.24, 2.45) is 0 Å². The highest BCUT2D eigenvalue weighted by Crippen LogP contribution is 2.30. The molecule has 0 bridgehead atoms.